The molecule has 0 aliphatic rings. The third-order valence-electron chi connectivity index (χ3n) is 4.38. The lowest BCUT2D eigenvalue weighted by atomic mass is 10.0. The Morgan fingerprint density at radius 2 is 1.56 bits per heavy atom. The standard InChI is InChI=1S/C19H37NO5/c1-3-5-7-9-10-17(22)18(11-8-6-4-2)25-14-15(21)12-13-16(20)19(23)24/h16-18,22H,3-14,20H2,1-2H3,(H,23,24)/t16-,17-,18+/m1/s1. The van der Waals surface area contributed by atoms with Crippen molar-refractivity contribution in [2.45, 2.75) is 103 Å². The average molecular weight is 360 g/mol. The van der Waals surface area contributed by atoms with E-state index in [1.54, 1.807) is 0 Å². The molecule has 0 aliphatic heterocycles. The molecule has 0 bridgehead atoms. The molecule has 0 amide bonds. The topological polar surface area (TPSA) is 110 Å². The van der Waals surface area contributed by atoms with Crippen molar-refractivity contribution in [2.75, 3.05) is 6.61 Å². The van der Waals surface area contributed by atoms with Crippen LogP contribution in [0.4, 0.5) is 0 Å². The number of carboxylic acids is 1. The Hall–Kier alpha value is -0.980. The summed E-state index contributed by atoms with van der Waals surface area (Å²) in [5.41, 5.74) is 5.40. The third kappa shape index (κ3) is 13.0. The molecular weight excluding hydrogens is 322 g/mol. The van der Waals surface area contributed by atoms with Crippen molar-refractivity contribution in [1.29, 1.82) is 0 Å². The molecule has 0 aromatic heterocycles. The molecule has 0 unspecified atom stereocenters. The number of unbranched alkanes of at least 4 members (excludes halogenated alkanes) is 5. The van der Waals surface area contributed by atoms with Crippen molar-refractivity contribution in [1.82, 2.24) is 0 Å². The van der Waals surface area contributed by atoms with Crippen LogP contribution in [-0.2, 0) is 14.3 Å². The number of hydrogen-bond acceptors (Lipinski definition) is 5. The van der Waals surface area contributed by atoms with Crippen LogP contribution in [0.5, 0.6) is 0 Å². The van der Waals surface area contributed by atoms with Crippen molar-refractivity contribution in [3.63, 3.8) is 0 Å². The van der Waals surface area contributed by atoms with E-state index in [1.807, 2.05) is 0 Å². The largest absolute Gasteiger partial charge is 0.480 e. The number of ether oxygens (including phenoxy) is 1. The maximum absolute atomic E-state index is 11.9. The van der Waals surface area contributed by atoms with Crippen LogP contribution in [0.1, 0.15) is 84.5 Å². The summed E-state index contributed by atoms with van der Waals surface area (Å²) in [6, 6.07) is -1.02. The van der Waals surface area contributed by atoms with Gasteiger partial charge in [0, 0.05) is 6.42 Å². The Balaban J connectivity index is 4.27. The molecule has 0 heterocycles. The molecule has 148 valence electrons. The summed E-state index contributed by atoms with van der Waals surface area (Å²) in [4.78, 5) is 22.5. The number of aliphatic hydroxyl groups excluding tert-OH is 1. The van der Waals surface area contributed by atoms with Crippen molar-refractivity contribution in [3.05, 3.63) is 0 Å². The number of carbonyl (C=O) groups is 2. The number of ketones is 1. The third-order valence-corrected chi connectivity index (χ3v) is 4.38. The maximum Gasteiger partial charge on any atom is 0.320 e. The van der Waals surface area contributed by atoms with Crippen LogP contribution in [0, 0.1) is 0 Å². The second-order valence-corrected chi connectivity index (χ2v) is 6.78. The van der Waals surface area contributed by atoms with E-state index in [4.69, 9.17) is 15.6 Å². The minimum atomic E-state index is -1.10. The predicted molar refractivity (Wildman–Crippen MR) is 98.5 cm³/mol. The Morgan fingerprint density at radius 3 is 2.16 bits per heavy atom. The zero-order valence-corrected chi connectivity index (χ0v) is 15.9. The van der Waals surface area contributed by atoms with Gasteiger partial charge in [0.25, 0.3) is 0 Å². The summed E-state index contributed by atoms with van der Waals surface area (Å²) < 4.78 is 5.67. The second-order valence-electron chi connectivity index (χ2n) is 6.78. The second kappa shape index (κ2) is 15.3. The molecule has 6 nitrogen and oxygen atoms in total. The quantitative estimate of drug-likeness (QED) is 0.344. The first-order valence-electron chi connectivity index (χ1n) is 9.72. The SMILES string of the molecule is CCCCCC[C@@H](O)[C@H](CCCCC)OCC(=O)CC[C@@H](N)C(=O)O. The molecule has 0 aromatic rings. The first-order valence-corrected chi connectivity index (χ1v) is 9.72. The Kier molecular flexibility index (Phi) is 14.7. The van der Waals surface area contributed by atoms with Crippen LogP contribution in [0.3, 0.4) is 0 Å². The summed E-state index contributed by atoms with van der Waals surface area (Å²) in [5.74, 6) is -1.27. The zero-order chi connectivity index (χ0) is 19.1. The highest BCUT2D eigenvalue weighted by Gasteiger charge is 2.21. The number of carbonyl (C=O) groups excluding carboxylic acids is 1. The van der Waals surface area contributed by atoms with Crippen LogP contribution in [-0.4, -0.2) is 46.8 Å². The lowest BCUT2D eigenvalue weighted by Gasteiger charge is -2.23. The van der Waals surface area contributed by atoms with E-state index in [-0.39, 0.29) is 31.3 Å². The molecule has 0 fully saturated rings. The molecule has 0 spiro atoms. The number of nitrogens with two attached hydrogens (primary N) is 1. The number of rotatable bonds is 17. The van der Waals surface area contributed by atoms with E-state index >= 15 is 0 Å². The highest BCUT2D eigenvalue weighted by atomic mass is 16.5. The highest BCUT2D eigenvalue weighted by Crippen LogP contribution is 2.16. The summed E-state index contributed by atoms with van der Waals surface area (Å²) in [6.07, 6.45) is 8.24. The van der Waals surface area contributed by atoms with Gasteiger partial charge in [0.1, 0.15) is 12.6 Å². The summed E-state index contributed by atoms with van der Waals surface area (Å²) >= 11 is 0. The number of hydrogen-bond donors (Lipinski definition) is 3. The fraction of sp³-hybridized carbons (Fsp3) is 0.895. The molecule has 6 heteroatoms. The first-order chi connectivity index (χ1) is 11.9. The van der Waals surface area contributed by atoms with Crippen molar-refractivity contribution >= 4 is 11.8 Å². The molecule has 0 radical (unpaired) electrons. The molecule has 0 saturated carbocycles. The lowest BCUT2D eigenvalue weighted by molar-refractivity contribution is -0.138. The molecule has 25 heavy (non-hydrogen) atoms. The molecule has 0 aromatic carbocycles. The minimum Gasteiger partial charge on any atom is -0.480 e. The van der Waals surface area contributed by atoms with Crippen molar-refractivity contribution in [2.24, 2.45) is 5.73 Å². The van der Waals surface area contributed by atoms with E-state index < -0.39 is 18.1 Å². The highest BCUT2D eigenvalue weighted by molar-refractivity contribution is 5.81. The van der Waals surface area contributed by atoms with Crippen LogP contribution in [0.25, 0.3) is 0 Å². The number of aliphatic carboxylic acids is 1. The average Bonchev–Trinajstić information content (AvgIpc) is 2.59. The maximum atomic E-state index is 11.9. The minimum absolute atomic E-state index is 0.0851. The number of Topliss-reactive ketones (excluding diaryl/α,β-unsaturated/α-hetero) is 1. The van der Waals surface area contributed by atoms with Crippen LogP contribution >= 0.6 is 0 Å². The molecule has 0 rings (SSSR count). The molecule has 4 N–H and O–H groups in total. The number of aliphatic hydroxyl groups is 1. The summed E-state index contributed by atoms with van der Waals surface area (Å²) in [5, 5.41) is 19.1. The van der Waals surface area contributed by atoms with Gasteiger partial charge in [-0.1, -0.05) is 58.8 Å². The molecule has 0 saturated heterocycles. The Bertz CT molecular complexity index is 362. The van der Waals surface area contributed by atoms with Gasteiger partial charge in [0.2, 0.25) is 0 Å². The van der Waals surface area contributed by atoms with Gasteiger partial charge in [-0.15, -0.1) is 0 Å². The smallest absolute Gasteiger partial charge is 0.320 e. The van der Waals surface area contributed by atoms with Gasteiger partial charge < -0.3 is 20.7 Å². The van der Waals surface area contributed by atoms with E-state index in [0.29, 0.717) is 6.42 Å². The Morgan fingerprint density at radius 1 is 0.960 bits per heavy atom. The molecule has 0 aliphatic carbocycles. The normalized spacial score (nSPS) is 14.9. The van der Waals surface area contributed by atoms with Crippen LogP contribution < -0.4 is 5.73 Å². The predicted octanol–water partition coefficient (Wildman–Crippen LogP) is 3.04. The van der Waals surface area contributed by atoms with Crippen LogP contribution in [0.2, 0.25) is 0 Å². The van der Waals surface area contributed by atoms with Gasteiger partial charge in [-0.3, -0.25) is 9.59 Å². The van der Waals surface area contributed by atoms with Gasteiger partial charge in [0.05, 0.1) is 12.2 Å². The fourth-order valence-corrected chi connectivity index (χ4v) is 2.66. The van der Waals surface area contributed by atoms with Gasteiger partial charge in [-0.05, 0) is 19.3 Å². The van der Waals surface area contributed by atoms with E-state index in [2.05, 4.69) is 13.8 Å². The fourth-order valence-electron chi connectivity index (χ4n) is 2.66. The van der Waals surface area contributed by atoms with E-state index in [1.165, 1.54) is 0 Å². The van der Waals surface area contributed by atoms with Gasteiger partial charge in [-0.2, -0.15) is 0 Å². The Labute approximate surface area is 152 Å². The van der Waals surface area contributed by atoms with Gasteiger partial charge in [0.15, 0.2) is 5.78 Å². The molecule has 3 atom stereocenters. The zero-order valence-electron chi connectivity index (χ0n) is 15.9. The lowest BCUT2D eigenvalue weighted by Crippen LogP contribution is -2.33. The number of carboxylic acid groups (broad SMARTS) is 1. The monoisotopic (exact) mass is 359 g/mol. The molecular formula is C19H37NO5. The first kappa shape index (κ1) is 24.0. The van der Waals surface area contributed by atoms with Gasteiger partial charge in [-0.25, -0.2) is 0 Å². The van der Waals surface area contributed by atoms with Gasteiger partial charge >= 0.3 is 5.97 Å². The summed E-state index contributed by atoms with van der Waals surface area (Å²) in [7, 11) is 0. The van der Waals surface area contributed by atoms with Crippen LogP contribution in [0.15, 0.2) is 0 Å². The van der Waals surface area contributed by atoms with Crippen molar-refractivity contribution < 1.29 is 24.5 Å². The van der Waals surface area contributed by atoms with Crippen molar-refractivity contribution in [3.8, 4) is 0 Å². The summed E-state index contributed by atoms with van der Waals surface area (Å²) in [6.45, 7) is 4.18. The van der Waals surface area contributed by atoms with E-state index in [0.717, 1.165) is 51.4 Å². The van der Waals surface area contributed by atoms with E-state index in [9.17, 15) is 14.7 Å².